The van der Waals surface area contributed by atoms with Gasteiger partial charge in [-0.3, -0.25) is 19.2 Å². The van der Waals surface area contributed by atoms with Crippen LogP contribution in [0.25, 0.3) is 0 Å². The molecule has 0 heterocycles. The Bertz CT molecular complexity index is 1450. The van der Waals surface area contributed by atoms with E-state index in [1.54, 1.807) is 43.3 Å². The molecule has 3 rings (SSSR count). The second-order valence-electron chi connectivity index (χ2n) is 11.6. The zero-order valence-electron chi connectivity index (χ0n) is 26.6. The van der Waals surface area contributed by atoms with Crippen LogP contribution in [0.2, 0.25) is 0 Å². The molecule has 3 atom stereocenters. The number of hydrogen-bond acceptors (Lipinski definition) is 8. The van der Waals surface area contributed by atoms with Gasteiger partial charge < -0.3 is 18.9 Å². The molecule has 240 valence electrons. The van der Waals surface area contributed by atoms with Gasteiger partial charge >= 0.3 is 23.9 Å². The van der Waals surface area contributed by atoms with Crippen LogP contribution in [0, 0.1) is 5.41 Å². The number of halogens is 1. The van der Waals surface area contributed by atoms with Crippen LogP contribution in [-0.4, -0.2) is 30.5 Å². The lowest BCUT2D eigenvalue weighted by Crippen LogP contribution is -2.29. The summed E-state index contributed by atoms with van der Waals surface area (Å²) in [7, 11) is 0. The van der Waals surface area contributed by atoms with Gasteiger partial charge in [0.25, 0.3) is 0 Å². The van der Waals surface area contributed by atoms with Gasteiger partial charge in [-0.25, -0.2) is 0 Å². The van der Waals surface area contributed by atoms with Crippen molar-refractivity contribution in [3.05, 3.63) is 89.5 Å². The first kappa shape index (κ1) is 35.5. The van der Waals surface area contributed by atoms with Gasteiger partial charge in [-0.2, -0.15) is 0 Å². The average molecular weight is 682 g/mol. The lowest BCUT2D eigenvalue weighted by molar-refractivity contribution is -0.154. The van der Waals surface area contributed by atoms with Crippen LogP contribution in [0.3, 0.4) is 0 Å². The maximum absolute atomic E-state index is 13.0. The first-order chi connectivity index (χ1) is 21.3. The Labute approximate surface area is 273 Å². The molecule has 0 fully saturated rings. The van der Waals surface area contributed by atoms with Crippen molar-refractivity contribution < 1.29 is 38.1 Å². The minimum absolute atomic E-state index is 0.00467. The minimum Gasteiger partial charge on any atom is -0.466 e. The van der Waals surface area contributed by atoms with Crippen molar-refractivity contribution in [1.29, 1.82) is 0 Å². The van der Waals surface area contributed by atoms with Gasteiger partial charge in [-0.15, -0.1) is 0 Å². The van der Waals surface area contributed by atoms with Crippen LogP contribution < -0.4 is 14.2 Å². The highest BCUT2D eigenvalue weighted by Gasteiger charge is 2.34. The molecule has 45 heavy (non-hydrogen) atoms. The predicted octanol–water partition coefficient (Wildman–Crippen LogP) is 8.23. The van der Waals surface area contributed by atoms with Crippen LogP contribution in [0.4, 0.5) is 0 Å². The van der Waals surface area contributed by atoms with Gasteiger partial charge in [0.1, 0.15) is 17.2 Å². The second-order valence-corrected chi connectivity index (χ2v) is 12.7. The number of rotatable bonds is 14. The topological polar surface area (TPSA) is 105 Å². The molecule has 0 aliphatic heterocycles. The van der Waals surface area contributed by atoms with E-state index in [2.05, 4.69) is 15.9 Å². The van der Waals surface area contributed by atoms with Crippen LogP contribution in [-0.2, 0) is 23.9 Å². The van der Waals surface area contributed by atoms with Crippen LogP contribution in [0.5, 0.6) is 17.2 Å². The van der Waals surface area contributed by atoms with Gasteiger partial charge in [-0.1, -0.05) is 52.3 Å². The SMILES string of the molecule is CCOC(=O)C(C)(C)CC(CC(CC(Br)c1ccc(OC(C)=O)cc1)c1ccc(OC(C)=O)cc1)c1ccc(OC(C)=O)cc1. The predicted molar refractivity (Wildman–Crippen MR) is 175 cm³/mol. The quantitative estimate of drug-likeness (QED) is 0.0953. The van der Waals surface area contributed by atoms with E-state index >= 15 is 0 Å². The van der Waals surface area contributed by atoms with Crippen molar-refractivity contribution in [1.82, 2.24) is 0 Å². The Morgan fingerprint density at radius 3 is 1.38 bits per heavy atom. The zero-order chi connectivity index (χ0) is 33.1. The standard InChI is InChI=1S/C36H41BrO8/c1-7-42-35(41)36(5,6)22-30(27-10-16-32(17-11-27)44-24(3)39)20-29(26-8-14-31(15-9-26)43-23(2)38)21-34(37)28-12-18-33(19-13-28)45-25(4)40/h8-19,29-30,34H,7,20-22H2,1-6H3. The summed E-state index contributed by atoms with van der Waals surface area (Å²) >= 11 is 3.89. The number of ether oxygens (including phenoxy) is 4. The molecule has 0 radical (unpaired) electrons. The minimum atomic E-state index is -0.765. The smallest absolute Gasteiger partial charge is 0.311 e. The molecule has 0 amide bonds. The third-order valence-corrected chi connectivity index (χ3v) is 8.28. The van der Waals surface area contributed by atoms with Gasteiger partial charge in [0, 0.05) is 25.6 Å². The molecule has 9 heteroatoms. The lowest BCUT2D eigenvalue weighted by atomic mass is 9.74. The number of carbonyl (C=O) groups is 4. The normalized spacial score (nSPS) is 13.2. The van der Waals surface area contributed by atoms with Crippen LogP contribution in [0.1, 0.15) is 94.2 Å². The van der Waals surface area contributed by atoms with E-state index in [0.717, 1.165) is 16.7 Å². The molecule has 8 nitrogen and oxygen atoms in total. The fourth-order valence-electron chi connectivity index (χ4n) is 5.32. The molecule has 0 saturated heterocycles. The van der Waals surface area contributed by atoms with Gasteiger partial charge in [0.2, 0.25) is 0 Å². The fourth-order valence-corrected chi connectivity index (χ4v) is 6.08. The zero-order valence-corrected chi connectivity index (χ0v) is 28.2. The van der Waals surface area contributed by atoms with Crippen molar-refractivity contribution in [2.75, 3.05) is 6.61 Å². The largest absolute Gasteiger partial charge is 0.466 e. The highest BCUT2D eigenvalue weighted by molar-refractivity contribution is 9.09. The first-order valence-electron chi connectivity index (χ1n) is 14.9. The van der Waals surface area contributed by atoms with E-state index in [9.17, 15) is 19.2 Å². The maximum atomic E-state index is 13.0. The summed E-state index contributed by atoms with van der Waals surface area (Å²) < 4.78 is 21.1. The Balaban J connectivity index is 1.99. The van der Waals surface area contributed by atoms with Crippen molar-refractivity contribution >= 4 is 39.8 Å². The van der Waals surface area contributed by atoms with Gasteiger partial charge in [-0.05, 0) is 105 Å². The lowest BCUT2D eigenvalue weighted by Gasteiger charge is -2.32. The number of alkyl halides is 1. The second kappa shape index (κ2) is 16.4. The molecule has 0 N–H and O–H groups in total. The molecule has 0 aliphatic carbocycles. The first-order valence-corrected chi connectivity index (χ1v) is 15.8. The molecular weight excluding hydrogens is 640 g/mol. The molecule has 3 aromatic rings. The van der Waals surface area contributed by atoms with Gasteiger partial charge in [0.05, 0.1) is 12.0 Å². The Hall–Kier alpha value is -3.98. The van der Waals surface area contributed by atoms with Gasteiger partial charge in [0.15, 0.2) is 0 Å². The Kier molecular flexibility index (Phi) is 12.9. The number of benzene rings is 3. The number of hydrogen-bond donors (Lipinski definition) is 0. The third-order valence-electron chi connectivity index (χ3n) is 7.37. The molecule has 0 bridgehead atoms. The maximum Gasteiger partial charge on any atom is 0.311 e. The average Bonchev–Trinajstić information content (AvgIpc) is 2.96. The number of carbonyl (C=O) groups excluding carboxylic acids is 4. The van der Waals surface area contributed by atoms with E-state index in [1.807, 2.05) is 50.2 Å². The molecule has 0 saturated carbocycles. The third kappa shape index (κ3) is 11.2. The Morgan fingerprint density at radius 1 is 0.622 bits per heavy atom. The monoisotopic (exact) mass is 680 g/mol. The molecule has 0 spiro atoms. The van der Waals surface area contributed by atoms with Crippen molar-refractivity contribution in [3.63, 3.8) is 0 Å². The molecule has 3 aromatic carbocycles. The van der Waals surface area contributed by atoms with E-state index in [1.165, 1.54) is 20.8 Å². The summed E-state index contributed by atoms with van der Waals surface area (Å²) in [6, 6.07) is 22.3. The van der Waals surface area contributed by atoms with Crippen molar-refractivity contribution in [2.45, 2.75) is 77.5 Å². The summed E-state index contributed by atoms with van der Waals surface area (Å²) in [6.07, 6.45) is 1.89. The molecule has 0 aliphatic rings. The van der Waals surface area contributed by atoms with E-state index in [0.29, 0.717) is 43.1 Å². The van der Waals surface area contributed by atoms with Crippen molar-refractivity contribution in [2.24, 2.45) is 5.41 Å². The highest BCUT2D eigenvalue weighted by atomic mass is 79.9. The summed E-state index contributed by atoms with van der Waals surface area (Å²) in [5.74, 6) is -0.118. The summed E-state index contributed by atoms with van der Waals surface area (Å²) in [5, 5.41) is 0. The van der Waals surface area contributed by atoms with Crippen LogP contribution in [0.15, 0.2) is 72.8 Å². The summed E-state index contributed by atoms with van der Waals surface area (Å²) in [6.45, 7) is 9.96. The highest BCUT2D eigenvalue weighted by Crippen LogP contribution is 2.44. The van der Waals surface area contributed by atoms with E-state index in [-0.39, 0.29) is 28.6 Å². The van der Waals surface area contributed by atoms with E-state index in [4.69, 9.17) is 18.9 Å². The fraction of sp³-hybridized carbons (Fsp3) is 0.389. The van der Waals surface area contributed by atoms with Crippen molar-refractivity contribution in [3.8, 4) is 17.2 Å². The molecule has 0 aromatic heterocycles. The molecular formula is C36H41BrO8. The van der Waals surface area contributed by atoms with Crippen LogP contribution >= 0.6 is 15.9 Å². The Morgan fingerprint density at radius 2 is 1.00 bits per heavy atom. The van der Waals surface area contributed by atoms with E-state index < -0.39 is 17.4 Å². The summed E-state index contributed by atoms with van der Waals surface area (Å²) in [5.41, 5.74) is 2.30. The molecule has 3 unspecified atom stereocenters. The number of esters is 4. The summed E-state index contributed by atoms with van der Waals surface area (Å²) in [4.78, 5) is 47.3.